The average Bonchev–Trinajstić information content (AvgIpc) is 2.44. The SMILES string of the molecule is COc1cc(OC)nc(NC(=O)C(C)C(C)C(=O)O)n1. The lowest BCUT2D eigenvalue weighted by atomic mass is 9.95. The third-order valence-electron chi connectivity index (χ3n) is 2.89. The van der Waals surface area contributed by atoms with Crippen molar-refractivity contribution in [3.63, 3.8) is 0 Å². The molecular weight excluding hydrogens is 266 g/mol. The van der Waals surface area contributed by atoms with Crippen LogP contribution < -0.4 is 14.8 Å². The van der Waals surface area contributed by atoms with Crippen molar-refractivity contribution < 1.29 is 24.2 Å². The Morgan fingerprint density at radius 3 is 2.05 bits per heavy atom. The number of rotatable bonds is 6. The molecule has 1 aromatic rings. The van der Waals surface area contributed by atoms with Crippen molar-refractivity contribution >= 4 is 17.8 Å². The molecule has 0 spiro atoms. The molecule has 0 aliphatic heterocycles. The highest BCUT2D eigenvalue weighted by Crippen LogP contribution is 2.19. The van der Waals surface area contributed by atoms with Crippen LogP contribution in [0.5, 0.6) is 11.8 Å². The summed E-state index contributed by atoms with van der Waals surface area (Å²) < 4.78 is 9.90. The van der Waals surface area contributed by atoms with Crippen LogP contribution in [0, 0.1) is 11.8 Å². The second kappa shape index (κ2) is 6.69. The molecule has 8 heteroatoms. The van der Waals surface area contributed by atoms with Gasteiger partial charge in [-0.1, -0.05) is 13.8 Å². The Morgan fingerprint density at radius 1 is 1.15 bits per heavy atom. The van der Waals surface area contributed by atoms with Crippen LogP contribution in [0.3, 0.4) is 0 Å². The third-order valence-corrected chi connectivity index (χ3v) is 2.89. The largest absolute Gasteiger partial charge is 0.481 e. The van der Waals surface area contributed by atoms with E-state index in [9.17, 15) is 9.59 Å². The van der Waals surface area contributed by atoms with Crippen LogP contribution in [0.2, 0.25) is 0 Å². The monoisotopic (exact) mass is 283 g/mol. The first kappa shape index (κ1) is 15.7. The van der Waals surface area contributed by atoms with E-state index in [2.05, 4.69) is 15.3 Å². The number of hydrogen-bond donors (Lipinski definition) is 2. The van der Waals surface area contributed by atoms with Gasteiger partial charge < -0.3 is 14.6 Å². The van der Waals surface area contributed by atoms with E-state index in [-0.39, 0.29) is 17.7 Å². The second-order valence-corrected chi connectivity index (χ2v) is 4.18. The molecule has 0 bridgehead atoms. The smallest absolute Gasteiger partial charge is 0.307 e. The van der Waals surface area contributed by atoms with Gasteiger partial charge in [0.25, 0.3) is 0 Å². The molecule has 0 aliphatic rings. The molecule has 2 atom stereocenters. The molecule has 1 heterocycles. The van der Waals surface area contributed by atoms with Crippen molar-refractivity contribution in [2.75, 3.05) is 19.5 Å². The highest BCUT2D eigenvalue weighted by atomic mass is 16.5. The van der Waals surface area contributed by atoms with Crippen molar-refractivity contribution in [2.24, 2.45) is 11.8 Å². The molecule has 20 heavy (non-hydrogen) atoms. The molecule has 1 rings (SSSR count). The van der Waals surface area contributed by atoms with Crippen molar-refractivity contribution in [1.82, 2.24) is 9.97 Å². The molecule has 0 saturated heterocycles. The van der Waals surface area contributed by atoms with Crippen LogP contribution in [-0.2, 0) is 9.59 Å². The molecule has 0 saturated carbocycles. The van der Waals surface area contributed by atoms with Gasteiger partial charge in [0, 0.05) is 5.92 Å². The number of carbonyl (C=O) groups excluding carboxylic acids is 1. The predicted molar refractivity (Wildman–Crippen MR) is 69.7 cm³/mol. The normalized spacial score (nSPS) is 13.2. The fourth-order valence-electron chi connectivity index (χ4n) is 1.33. The Labute approximate surface area is 116 Å². The van der Waals surface area contributed by atoms with E-state index in [0.717, 1.165) is 0 Å². The number of nitrogens with one attached hydrogen (secondary N) is 1. The number of carbonyl (C=O) groups is 2. The average molecular weight is 283 g/mol. The maximum absolute atomic E-state index is 11.9. The van der Waals surface area contributed by atoms with Crippen LogP contribution in [0.4, 0.5) is 5.95 Å². The van der Waals surface area contributed by atoms with Crippen LogP contribution in [0.15, 0.2) is 6.07 Å². The van der Waals surface area contributed by atoms with Crippen molar-refractivity contribution in [1.29, 1.82) is 0 Å². The van der Waals surface area contributed by atoms with Crippen molar-refractivity contribution in [2.45, 2.75) is 13.8 Å². The number of methoxy groups -OCH3 is 2. The first-order valence-corrected chi connectivity index (χ1v) is 5.89. The fraction of sp³-hybridized carbons (Fsp3) is 0.500. The number of carboxylic acids is 1. The van der Waals surface area contributed by atoms with E-state index < -0.39 is 23.7 Å². The van der Waals surface area contributed by atoms with E-state index in [1.807, 2.05) is 0 Å². The van der Waals surface area contributed by atoms with Gasteiger partial charge in [0.15, 0.2) is 0 Å². The van der Waals surface area contributed by atoms with Crippen LogP contribution in [0.25, 0.3) is 0 Å². The standard InChI is InChI=1S/C12H17N3O5/c1-6(7(2)11(17)18)10(16)15-12-13-8(19-3)5-9(14-12)20-4/h5-7H,1-4H3,(H,17,18)(H,13,14,15,16). The number of anilines is 1. The lowest BCUT2D eigenvalue weighted by Crippen LogP contribution is -2.30. The summed E-state index contributed by atoms with van der Waals surface area (Å²) >= 11 is 0. The maximum Gasteiger partial charge on any atom is 0.307 e. The summed E-state index contributed by atoms with van der Waals surface area (Å²) in [6.45, 7) is 2.98. The second-order valence-electron chi connectivity index (χ2n) is 4.18. The van der Waals surface area contributed by atoms with Crippen LogP contribution in [0.1, 0.15) is 13.8 Å². The number of amides is 1. The summed E-state index contributed by atoms with van der Waals surface area (Å²) in [6, 6.07) is 1.46. The van der Waals surface area contributed by atoms with E-state index in [1.165, 1.54) is 34.1 Å². The molecule has 0 aromatic carbocycles. The molecule has 0 aliphatic carbocycles. The Bertz CT molecular complexity index is 484. The molecule has 1 aromatic heterocycles. The van der Waals surface area contributed by atoms with Gasteiger partial charge in [-0.25, -0.2) is 0 Å². The summed E-state index contributed by atoms with van der Waals surface area (Å²) in [5, 5.41) is 11.3. The Hall–Kier alpha value is -2.38. The molecule has 2 unspecified atom stereocenters. The minimum absolute atomic E-state index is 0.00404. The summed E-state index contributed by atoms with van der Waals surface area (Å²) in [7, 11) is 2.84. The van der Waals surface area contributed by atoms with Crippen molar-refractivity contribution in [3.05, 3.63) is 6.07 Å². The zero-order chi connectivity index (χ0) is 15.3. The van der Waals surface area contributed by atoms with E-state index in [1.54, 1.807) is 0 Å². The molecule has 2 N–H and O–H groups in total. The first-order valence-electron chi connectivity index (χ1n) is 5.89. The number of aromatic nitrogens is 2. The van der Waals surface area contributed by atoms with E-state index in [4.69, 9.17) is 14.6 Å². The highest BCUT2D eigenvalue weighted by Gasteiger charge is 2.26. The van der Waals surface area contributed by atoms with Gasteiger partial charge in [-0.2, -0.15) is 9.97 Å². The Kier molecular flexibility index (Phi) is 5.24. The van der Waals surface area contributed by atoms with Gasteiger partial charge >= 0.3 is 5.97 Å². The van der Waals surface area contributed by atoms with Gasteiger partial charge in [0.05, 0.1) is 26.2 Å². The third kappa shape index (κ3) is 3.81. The fourth-order valence-corrected chi connectivity index (χ4v) is 1.33. The predicted octanol–water partition coefficient (Wildman–Crippen LogP) is 0.789. The molecule has 0 radical (unpaired) electrons. The topological polar surface area (TPSA) is 111 Å². The molecule has 110 valence electrons. The summed E-state index contributed by atoms with van der Waals surface area (Å²) in [6.07, 6.45) is 0. The highest BCUT2D eigenvalue weighted by molar-refractivity contribution is 5.93. The summed E-state index contributed by atoms with van der Waals surface area (Å²) in [5.74, 6) is -2.63. The minimum Gasteiger partial charge on any atom is -0.481 e. The van der Waals surface area contributed by atoms with Gasteiger partial charge in [-0.15, -0.1) is 0 Å². The number of aliphatic carboxylic acids is 1. The number of carboxylic acid groups (broad SMARTS) is 1. The van der Waals surface area contributed by atoms with Gasteiger partial charge in [0.2, 0.25) is 23.6 Å². The van der Waals surface area contributed by atoms with E-state index >= 15 is 0 Å². The summed E-state index contributed by atoms with van der Waals surface area (Å²) in [5.41, 5.74) is 0. The first-order chi connectivity index (χ1) is 9.38. The number of ether oxygens (including phenoxy) is 2. The van der Waals surface area contributed by atoms with Crippen molar-refractivity contribution in [3.8, 4) is 11.8 Å². The van der Waals surface area contributed by atoms with Gasteiger partial charge in [-0.3, -0.25) is 14.9 Å². The van der Waals surface area contributed by atoms with Crippen LogP contribution in [-0.4, -0.2) is 41.2 Å². The molecular formula is C12H17N3O5. The minimum atomic E-state index is -1.04. The summed E-state index contributed by atoms with van der Waals surface area (Å²) in [4.78, 5) is 30.6. The Morgan fingerprint density at radius 2 is 1.65 bits per heavy atom. The lowest BCUT2D eigenvalue weighted by Gasteiger charge is -2.15. The maximum atomic E-state index is 11.9. The lowest BCUT2D eigenvalue weighted by molar-refractivity contribution is -0.145. The van der Waals surface area contributed by atoms with E-state index in [0.29, 0.717) is 0 Å². The van der Waals surface area contributed by atoms with Crippen LogP contribution >= 0.6 is 0 Å². The quantitative estimate of drug-likeness (QED) is 0.793. The molecule has 1 amide bonds. The molecule has 0 fully saturated rings. The van der Waals surface area contributed by atoms with Gasteiger partial charge in [0.1, 0.15) is 0 Å². The zero-order valence-corrected chi connectivity index (χ0v) is 11.7. The number of nitrogens with zero attached hydrogens (tertiary/aromatic N) is 2. The molecule has 8 nitrogen and oxygen atoms in total. The number of hydrogen-bond acceptors (Lipinski definition) is 6. The zero-order valence-electron chi connectivity index (χ0n) is 11.7. The van der Waals surface area contributed by atoms with Gasteiger partial charge in [-0.05, 0) is 0 Å². The Balaban J connectivity index is 2.87.